The summed E-state index contributed by atoms with van der Waals surface area (Å²) in [5, 5.41) is 40.5. The predicted molar refractivity (Wildman–Crippen MR) is 103 cm³/mol. The topological polar surface area (TPSA) is 92.2 Å². The third-order valence-corrected chi connectivity index (χ3v) is 2.78. The Morgan fingerprint density at radius 1 is 0.440 bits per heavy atom. The standard InChI is InChI=1S/4C5H11O.Si/c4*1-3-4-5(2)6;/h4*5H,3-4H2,1-2H3;/q4*-1;+4. The molecule has 0 amide bonds. The van der Waals surface area contributed by atoms with Crippen molar-refractivity contribution in [2.75, 3.05) is 0 Å². The first-order valence-electron chi connectivity index (χ1n) is 9.71. The maximum Gasteiger partial charge on any atom is 4.00 e. The van der Waals surface area contributed by atoms with E-state index in [-0.39, 0.29) is 35.4 Å². The Bertz CT molecular complexity index is 147. The van der Waals surface area contributed by atoms with E-state index in [4.69, 9.17) is 0 Å². The maximum atomic E-state index is 10.1. The fourth-order valence-electron chi connectivity index (χ4n) is 1.63. The van der Waals surface area contributed by atoms with Crippen molar-refractivity contribution in [2.24, 2.45) is 0 Å². The van der Waals surface area contributed by atoms with Crippen molar-refractivity contribution in [3.8, 4) is 0 Å². The Balaban J connectivity index is -0.0000000702. The molecule has 4 nitrogen and oxygen atoms in total. The summed E-state index contributed by atoms with van der Waals surface area (Å²) >= 11 is 0. The largest absolute Gasteiger partial charge is 4.00 e. The van der Waals surface area contributed by atoms with Gasteiger partial charge in [0.25, 0.3) is 0 Å². The van der Waals surface area contributed by atoms with Gasteiger partial charge < -0.3 is 20.4 Å². The Morgan fingerprint density at radius 2 is 0.560 bits per heavy atom. The van der Waals surface area contributed by atoms with Crippen LogP contribution in [0.25, 0.3) is 0 Å². The van der Waals surface area contributed by atoms with Crippen LogP contribution in [0, 0.1) is 0 Å². The van der Waals surface area contributed by atoms with Crippen LogP contribution >= 0.6 is 0 Å². The van der Waals surface area contributed by atoms with Gasteiger partial charge in [-0.25, -0.2) is 0 Å². The zero-order valence-corrected chi connectivity index (χ0v) is 19.1. The summed E-state index contributed by atoms with van der Waals surface area (Å²) in [5.41, 5.74) is 0. The molecule has 0 fully saturated rings. The van der Waals surface area contributed by atoms with Crippen LogP contribution in [0.5, 0.6) is 0 Å². The molecule has 152 valence electrons. The normalized spacial score (nSPS) is 13.9. The van der Waals surface area contributed by atoms with Crippen molar-refractivity contribution in [1.82, 2.24) is 0 Å². The molecule has 0 spiro atoms. The first-order valence-corrected chi connectivity index (χ1v) is 9.71. The van der Waals surface area contributed by atoms with Gasteiger partial charge in [-0.1, -0.05) is 107 Å². The van der Waals surface area contributed by atoms with Gasteiger partial charge in [0.1, 0.15) is 0 Å². The van der Waals surface area contributed by atoms with E-state index < -0.39 is 0 Å². The summed E-state index contributed by atoms with van der Waals surface area (Å²) in [7, 11) is 0. The first-order chi connectivity index (χ1) is 11.1. The zero-order chi connectivity index (χ0) is 20.0. The second-order valence-corrected chi connectivity index (χ2v) is 6.40. The van der Waals surface area contributed by atoms with Crippen LogP contribution in [0.2, 0.25) is 0 Å². The van der Waals surface area contributed by atoms with E-state index >= 15 is 0 Å². The van der Waals surface area contributed by atoms with Crippen LogP contribution in [0.3, 0.4) is 0 Å². The summed E-state index contributed by atoms with van der Waals surface area (Å²) in [6, 6.07) is 0. The molecule has 0 saturated heterocycles. The second kappa shape index (κ2) is 31.8. The molecule has 25 heavy (non-hydrogen) atoms. The third-order valence-electron chi connectivity index (χ3n) is 2.78. The summed E-state index contributed by atoms with van der Waals surface area (Å²) in [5.74, 6) is 0. The van der Waals surface area contributed by atoms with Crippen molar-refractivity contribution >= 4 is 11.0 Å². The molecule has 0 radical (unpaired) electrons. The van der Waals surface area contributed by atoms with E-state index in [1.54, 1.807) is 27.7 Å². The monoisotopic (exact) mass is 376 g/mol. The van der Waals surface area contributed by atoms with Crippen molar-refractivity contribution in [2.45, 2.75) is 131 Å². The van der Waals surface area contributed by atoms with Crippen LogP contribution < -0.4 is 20.4 Å². The SMILES string of the molecule is CCCC(C)[O-].CCCC(C)[O-].CCCC(C)[O-].CCCC(C)[O-].[Si+4]. The number of hydrogen-bond donors (Lipinski definition) is 0. The average molecular weight is 377 g/mol. The van der Waals surface area contributed by atoms with Gasteiger partial charge in [0.15, 0.2) is 0 Å². The van der Waals surface area contributed by atoms with Gasteiger partial charge in [0.05, 0.1) is 0 Å². The van der Waals surface area contributed by atoms with Crippen LogP contribution in [0.15, 0.2) is 0 Å². The van der Waals surface area contributed by atoms with E-state index in [1.165, 1.54) is 0 Å². The molecule has 0 N–H and O–H groups in total. The summed E-state index contributed by atoms with van der Waals surface area (Å²) in [6.07, 6.45) is 5.94. The fourth-order valence-corrected chi connectivity index (χ4v) is 1.63. The van der Waals surface area contributed by atoms with Gasteiger partial charge in [0.2, 0.25) is 0 Å². The summed E-state index contributed by atoms with van der Waals surface area (Å²) < 4.78 is 0. The molecule has 0 bridgehead atoms. The van der Waals surface area contributed by atoms with Crippen LogP contribution in [0.4, 0.5) is 0 Å². The minimum atomic E-state index is -0.352. The molecule has 4 atom stereocenters. The molecule has 0 aliphatic heterocycles. The molecule has 0 heterocycles. The first kappa shape index (κ1) is 36.0. The quantitative estimate of drug-likeness (QED) is 0.603. The van der Waals surface area contributed by atoms with E-state index in [0.29, 0.717) is 0 Å². The molecule has 0 aromatic heterocycles. The molecule has 0 aliphatic rings. The Labute approximate surface area is 163 Å². The van der Waals surface area contributed by atoms with E-state index in [9.17, 15) is 20.4 Å². The maximum absolute atomic E-state index is 10.1. The molecule has 0 aromatic carbocycles. The van der Waals surface area contributed by atoms with Gasteiger partial charge in [-0.2, -0.15) is 0 Å². The second-order valence-electron chi connectivity index (χ2n) is 6.40. The van der Waals surface area contributed by atoms with Gasteiger partial charge in [-0.3, -0.25) is 0 Å². The Morgan fingerprint density at radius 3 is 0.560 bits per heavy atom. The van der Waals surface area contributed by atoms with E-state index in [1.807, 2.05) is 27.7 Å². The van der Waals surface area contributed by atoms with Gasteiger partial charge >= 0.3 is 11.0 Å². The van der Waals surface area contributed by atoms with Crippen LogP contribution in [0.1, 0.15) is 107 Å². The molecule has 0 aromatic rings. The van der Waals surface area contributed by atoms with Crippen molar-refractivity contribution < 1.29 is 20.4 Å². The number of hydrogen-bond acceptors (Lipinski definition) is 4. The minimum absolute atomic E-state index is 0. The van der Waals surface area contributed by atoms with Crippen molar-refractivity contribution in [3.05, 3.63) is 0 Å². The average Bonchev–Trinajstić information content (AvgIpc) is 2.39. The molecular weight excluding hydrogens is 332 g/mol. The number of rotatable bonds is 8. The third kappa shape index (κ3) is 80.5. The Kier molecular flexibility index (Phi) is 45.8. The molecular formula is C20H44O4Si. The van der Waals surface area contributed by atoms with Gasteiger partial charge in [-0.05, 0) is 0 Å². The fraction of sp³-hybridized carbons (Fsp3) is 1.00. The summed E-state index contributed by atoms with van der Waals surface area (Å²) in [4.78, 5) is 0. The molecule has 0 aliphatic carbocycles. The van der Waals surface area contributed by atoms with Crippen LogP contribution in [-0.2, 0) is 0 Å². The molecule has 0 saturated carbocycles. The summed E-state index contributed by atoms with van der Waals surface area (Å²) in [6.45, 7) is 14.9. The van der Waals surface area contributed by atoms with Crippen LogP contribution in [-0.4, -0.2) is 35.4 Å². The van der Waals surface area contributed by atoms with Crippen molar-refractivity contribution in [1.29, 1.82) is 0 Å². The van der Waals surface area contributed by atoms with Gasteiger partial charge in [-0.15, -0.1) is 24.4 Å². The molecule has 0 rings (SSSR count). The smallest absolute Gasteiger partial charge is 0.852 e. The predicted octanol–water partition coefficient (Wildman–Crippen LogP) is 1.76. The Hall–Kier alpha value is 0.0569. The van der Waals surface area contributed by atoms with E-state index in [0.717, 1.165) is 51.4 Å². The van der Waals surface area contributed by atoms with Crippen molar-refractivity contribution in [3.63, 3.8) is 0 Å². The van der Waals surface area contributed by atoms with Gasteiger partial charge in [0, 0.05) is 0 Å². The molecule has 5 heteroatoms. The van der Waals surface area contributed by atoms with E-state index in [2.05, 4.69) is 0 Å². The molecule has 4 unspecified atom stereocenters. The minimum Gasteiger partial charge on any atom is -0.852 e. The zero-order valence-electron chi connectivity index (χ0n) is 18.1.